The zero-order chi connectivity index (χ0) is 14.8. The fraction of sp³-hybridized carbons (Fsp3) is 0.0769. The zero-order valence-corrected chi connectivity index (χ0v) is 13.1. The molecule has 0 bridgehead atoms. The molecule has 20 heavy (non-hydrogen) atoms. The minimum Gasteiger partial charge on any atom is -0.399 e. The number of sulfonamides is 1. The third-order valence-electron chi connectivity index (χ3n) is 2.69. The Morgan fingerprint density at radius 3 is 2.35 bits per heavy atom. The number of nitrogen functional groups attached to an aromatic ring is 1. The minimum absolute atomic E-state index is 0.114. The molecular weight excluding hydrogens is 342 g/mol. The van der Waals surface area contributed by atoms with Crippen LogP contribution in [0, 0.1) is 0 Å². The van der Waals surface area contributed by atoms with Crippen LogP contribution in [0.4, 0.5) is 17.1 Å². The Kier molecular flexibility index (Phi) is 4.32. The smallest absolute Gasteiger partial charge is 0.242 e. The van der Waals surface area contributed by atoms with Gasteiger partial charge in [-0.3, -0.25) is 0 Å². The summed E-state index contributed by atoms with van der Waals surface area (Å²) in [5.74, 6) is 0. The van der Waals surface area contributed by atoms with Crippen molar-refractivity contribution in [1.82, 2.24) is 4.72 Å². The molecular formula is C13H14BrN3O2S. The summed E-state index contributed by atoms with van der Waals surface area (Å²) in [7, 11) is -2.22. The predicted octanol–water partition coefficient (Wildman–Crippen LogP) is 2.68. The van der Waals surface area contributed by atoms with Crippen molar-refractivity contribution in [1.29, 1.82) is 0 Å². The molecule has 0 aliphatic carbocycles. The highest BCUT2D eigenvalue weighted by molar-refractivity contribution is 9.10. The van der Waals surface area contributed by atoms with E-state index in [9.17, 15) is 8.42 Å². The van der Waals surface area contributed by atoms with E-state index in [0.717, 1.165) is 10.2 Å². The Hall–Kier alpha value is -1.57. The third kappa shape index (κ3) is 3.30. The number of benzene rings is 2. The van der Waals surface area contributed by atoms with Gasteiger partial charge in [0.25, 0.3) is 0 Å². The van der Waals surface area contributed by atoms with Gasteiger partial charge in [0.05, 0.1) is 5.69 Å². The summed E-state index contributed by atoms with van der Waals surface area (Å²) in [4.78, 5) is 0.114. The van der Waals surface area contributed by atoms with E-state index >= 15 is 0 Å². The van der Waals surface area contributed by atoms with Crippen molar-refractivity contribution in [2.45, 2.75) is 4.90 Å². The number of halogens is 1. The van der Waals surface area contributed by atoms with Crippen molar-refractivity contribution in [2.24, 2.45) is 0 Å². The lowest BCUT2D eigenvalue weighted by atomic mass is 10.2. The zero-order valence-electron chi connectivity index (χ0n) is 10.7. The Balaban J connectivity index is 2.44. The molecule has 7 heteroatoms. The van der Waals surface area contributed by atoms with Crippen LogP contribution in [0.5, 0.6) is 0 Å². The van der Waals surface area contributed by atoms with Gasteiger partial charge in [0.15, 0.2) is 0 Å². The van der Waals surface area contributed by atoms with Gasteiger partial charge >= 0.3 is 0 Å². The van der Waals surface area contributed by atoms with Gasteiger partial charge in [0.1, 0.15) is 4.90 Å². The molecule has 0 aliphatic rings. The van der Waals surface area contributed by atoms with Gasteiger partial charge in [0, 0.05) is 15.8 Å². The molecule has 4 N–H and O–H groups in total. The third-order valence-corrected chi connectivity index (χ3v) is 4.67. The first kappa shape index (κ1) is 14.8. The minimum atomic E-state index is -3.58. The van der Waals surface area contributed by atoms with Crippen LogP contribution >= 0.6 is 15.9 Å². The first-order chi connectivity index (χ1) is 9.42. The molecule has 0 unspecified atom stereocenters. The van der Waals surface area contributed by atoms with E-state index in [2.05, 4.69) is 26.0 Å². The lowest BCUT2D eigenvalue weighted by Gasteiger charge is -2.13. The lowest BCUT2D eigenvalue weighted by molar-refractivity contribution is 0.588. The van der Waals surface area contributed by atoms with Gasteiger partial charge in [-0.1, -0.05) is 15.9 Å². The molecule has 0 fully saturated rings. The van der Waals surface area contributed by atoms with Gasteiger partial charge < -0.3 is 11.1 Å². The van der Waals surface area contributed by atoms with Crippen LogP contribution in [0.3, 0.4) is 0 Å². The van der Waals surface area contributed by atoms with Crippen LogP contribution in [-0.4, -0.2) is 15.5 Å². The summed E-state index contributed by atoms with van der Waals surface area (Å²) >= 11 is 3.35. The number of hydrogen-bond donors (Lipinski definition) is 3. The van der Waals surface area contributed by atoms with Gasteiger partial charge in [-0.25, -0.2) is 13.1 Å². The second-order valence-electron chi connectivity index (χ2n) is 4.10. The molecule has 2 rings (SSSR count). The van der Waals surface area contributed by atoms with E-state index in [-0.39, 0.29) is 4.90 Å². The van der Waals surface area contributed by atoms with E-state index in [1.54, 1.807) is 12.1 Å². The summed E-state index contributed by atoms with van der Waals surface area (Å²) in [5.41, 5.74) is 7.31. The highest BCUT2D eigenvalue weighted by atomic mass is 79.9. The summed E-state index contributed by atoms with van der Waals surface area (Å²) in [6, 6.07) is 12.1. The number of nitrogens with two attached hydrogens (primary N) is 1. The quantitative estimate of drug-likeness (QED) is 0.736. The summed E-state index contributed by atoms with van der Waals surface area (Å²) in [5, 5.41) is 3.07. The van der Waals surface area contributed by atoms with Crippen LogP contribution in [0.2, 0.25) is 0 Å². The van der Waals surface area contributed by atoms with E-state index < -0.39 is 10.0 Å². The molecule has 0 radical (unpaired) electrons. The molecule has 2 aromatic carbocycles. The second kappa shape index (κ2) is 5.82. The maximum absolute atomic E-state index is 12.0. The Bertz CT molecular complexity index is 715. The SMILES string of the molecule is CNS(=O)(=O)c1cc(N)ccc1Nc1ccc(Br)cc1. The van der Waals surface area contributed by atoms with E-state index in [0.29, 0.717) is 11.4 Å². The summed E-state index contributed by atoms with van der Waals surface area (Å²) < 4.78 is 27.2. The van der Waals surface area contributed by atoms with Crippen molar-refractivity contribution >= 4 is 43.0 Å². The molecule has 0 heterocycles. The highest BCUT2D eigenvalue weighted by Crippen LogP contribution is 2.27. The van der Waals surface area contributed by atoms with Crippen molar-refractivity contribution in [3.05, 3.63) is 46.9 Å². The second-order valence-corrected chi connectivity index (χ2v) is 6.87. The van der Waals surface area contributed by atoms with Crippen molar-refractivity contribution in [2.75, 3.05) is 18.1 Å². The molecule has 0 saturated carbocycles. The monoisotopic (exact) mass is 355 g/mol. The summed E-state index contributed by atoms with van der Waals surface area (Å²) in [6.07, 6.45) is 0. The standard InChI is InChI=1S/C13H14BrN3O2S/c1-16-20(18,19)13-8-10(15)4-7-12(13)17-11-5-2-9(14)3-6-11/h2-8,16-17H,15H2,1H3. The first-order valence-electron chi connectivity index (χ1n) is 5.78. The van der Waals surface area contributed by atoms with Gasteiger partial charge in [-0.15, -0.1) is 0 Å². The lowest BCUT2D eigenvalue weighted by Crippen LogP contribution is -2.20. The van der Waals surface area contributed by atoms with Crippen molar-refractivity contribution < 1.29 is 8.42 Å². The summed E-state index contributed by atoms with van der Waals surface area (Å²) in [6.45, 7) is 0. The van der Waals surface area contributed by atoms with Crippen LogP contribution in [0.1, 0.15) is 0 Å². The molecule has 0 aromatic heterocycles. The predicted molar refractivity (Wildman–Crippen MR) is 84.5 cm³/mol. The average molecular weight is 356 g/mol. The Labute approximate surface area is 126 Å². The number of rotatable bonds is 4. The van der Waals surface area contributed by atoms with E-state index in [1.807, 2.05) is 24.3 Å². The molecule has 5 nitrogen and oxygen atoms in total. The van der Waals surface area contributed by atoms with Gasteiger partial charge in [-0.05, 0) is 49.5 Å². The Morgan fingerprint density at radius 2 is 1.75 bits per heavy atom. The number of anilines is 3. The fourth-order valence-corrected chi connectivity index (χ4v) is 2.85. The molecule has 0 saturated heterocycles. The van der Waals surface area contributed by atoms with Crippen LogP contribution in [-0.2, 0) is 10.0 Å². The van der Waals surface area contributed by atoms with E-state index in [4.69, 9.17) is 5.73 Å². The van der Waals surface area contributed by atoms with E-state index in [1.165, 1.54) is 13.1 Å². The fourth-order valence-electron chi connectivity index (χ4n) is 1.66. The molecule has 0 spiro atoms. The van der Waals surface area contributed by atoms with Gasteiger partial charge in [0.2, 0.25) is 10.0 Å². The molecule has 2 aromatic rings. The van der Waals surface area contributed by atoms with Crippen LogP contribution in [0.25, 0.3) is 0 Å². The number of hydrogen-bond acceptors (Lipinski definition) is 4. The molecule has 106 valence electrons. The van der Waals surface area contributed by atoms with Crippen molar-refractivity contribution in [3.8, 4) is 0 Å². The first-order valence-corrected chi connectivity index (χ1v) is 8.05. The molecule has 0 atom stereocenters. The van der Waals surface area contributed by atoms with Gasteiger partial charge in [-0.2, -0.15) is 0 Å². The maximum atomic E-state index is 12.0. The highest BCUT2D eigenvalue weighted by Gasteiger charge is 2.17. The Morgan fingerprint density at radius 1 is 1.10 bits per heavy atom. The average Bonchev–Trinajstić information content (AvgIpc) is 2.43. The maximum Gasteiger partial charge on any atom is 0.242 e. The van der Waals surface area contributed by atoms with Crippen molar-refractivity contribution in [3.63, 3.8) is 0 Å². The number of nitrogens with one attached hydrogen (secondary N) is 2. The van der Waals surface area contributed by atoms with Crippen LogP contribution in [0.15, 0.2) is 51.8 Å². The normalized spacial score (nSPS) is 11.3. The molecule has 0 aliphatic heterocycles. The largest absolute Gasteiger partial charge is 0.399 e. The molecule has 0 amide bonds. The topological polar surface area (TPSA) is 84.2 Å². The van der Waals surface area contributed by atoms with Crippen LogP contribution < -0.4 is 15.8 Å².